The van der Waals surface area contributed by atoms with Crippen molar-refractivity contribution in [2.24, 2.45) is 5.92 Å². The number of hydrogen-bond acceptors (Lipinski definition) is 3. The molecule has 0 N–H and O–H groups in total. The van der Waals surface area contributed by atoms with Gasteiger partial charge in [0, 0.05) is 30.4 Å². The summed E-state index contributed by atoms with van der Waals surface area (Å²) < 4.78 is 56.3. The number of carbonyl (C=O) groups excluding carboxylic acids is 1. The van der Waals surface area contributed by atoms with E-state index >= 15 is 0 Å². The second-order valence-corrected chi connectivity index (χ2v) is 9.04. The highest BCUT2D eigenvalue weighted by molar-refractivity contribution is 7.97. The SMILES string of the molecule is CCN(Sc1ccc2c(c1)CN(C(=O)C(C)C)CC2)[C@H](c1ccc(F)cc1)C(F)(F)F. The number of nitrogens with zero attached hydrogens (tertiary/aromatic N) is 2. The smallest absolute Gasteiger partial charge is 0.338 e. The second-order valence-electron chi connectivity index (χ2n) is 7.92. The Labute approximate surface area is 184 Å². The molecule has 0 bridgehead atoms. The minimum Gasteiger partial charge on any atom is -0.338 e. The maximum Gasteiger partial charge on any atom is 0.408 e. The Hall–Kier alpha value is -2.06. The van der Waals surface area contributed by atoms with Crippen LogP contribution in [0.1, 0.15) is 43.5 Å². The fourth-order valence-corrected chi connectivity index (χ4v) is 4.81. The van der Waals surface area contributed by atoms with Crippen molar-refractivity contribution in [3.05, 3.63) is 65.0 Å². The summed E-state index contributed by atoms with van der Waals surface area (Å²) in [6, 6.07) is 8.22. The molecule has 1 amide bonds. The predicted octanol–water partition coefficient (Wildman–Crippen LogP) is 6.00. The fraction of sp³-hybridized carbons (Fsp3) is 0.435. The van der Waals surface area contributed by atoms with Crippen LogP contribution in [-0.4, -0.2) is 34.4 Å². The molecule has 0 fully saturated rings. The van der Waals surface area contributed by atoms with Gasteiger partial charge >= 0.3 is 6.18 Å². The highest BCUT2D eigenvalue weighted by Crippen LogP contribution is 2.43. The van der Waals surface area contributed by atoms with Gasteiger partial charge in [0.1, 0.15) is 11.9 Å². The van der Waals surface area contributed by atoms with Crippen LogP contribution in [0.2, 0.25) is 0 Å². The number of carbonyl (C=O) groups is 1. The zero-order chi connectivity index (χ0) is 22.8. The van der Waals surface area contributed by atoms with E-state index in [1.807, 2.05) is 32.0 Å². The van der Waals surface area contributed by atoms with Crippen molar-refractivity contribution in [2.45, 2.75) is 50.9 Å². The largest absolute Gasteiger partial charge is 0.408 e. The quantitative estimate of drug-likeness (QED) is 0.395. The molecule has 0 unspecified atom stereocenters. The van der Waals surface area contributed by atoms with E-state index in [2.05, 4.69) is 0 Å². The van der Waals surface area contributed by atoms with E-state index in [0.29, 0.717) is 18.0 Å². The van der Waals surface area contributed by atoms with Crippen LogP contribution < -0.4 is 0 Å². The monoisotopic (exact) mass is 454 g/mol. The fourth-order valence-electron chi connectivity index (χ4n) is 3.74. The number of fused-ring (bicyclic) bond motifs is 1. The lowest BCUT2D eigenvalue weighted by molar-refractivity contribution is -0.172. The maximum atomic E-state index is 13.9. The normalized spacial score (nSPS) is 15.3. The third kappa shape index (κ3) is 5.60. The van der Waals surface area contributed by atoms with Crippen LogP contribution in [0.3, 0.4) is 0 Å². The Balaban J connectivity index is 1.85. The van der Waals surface area contributed by atoms with Gasteiger partial charge in [-0.05, 0) is 59.3 Å². The van der Waals surface area contributed by atoms with Crippen LogP contribution in [0.15, 0.2) is 47.4 Å². The Kier molecular flexibility index (Phi) is 7.31. The number of halogens is 4. The highest BCUT2D eigenvalue weighted by atomic mass is 32.2. The van der Waals surface area contributed by atoms with Gasteiger partial charge in [-0.2, -0.15) is 13.2 Å². The van der Waals surface area contributed by atoms with Crippen LogP contribution in [0, 0.1) is 11.7 Å². The minimum absolute atomic E-state index is 0.00471. The van der Waals surface area contributed by atoms with Crippen molar-refractivity contribution in [3.63, 3.8) is 0 Å². The number of hydrogen-bond donors (Lipinski definition) is 0. The topological polar surface area (TPSA) is 23.6 Å². The van der Waals surface area contributed by atoms with E-state index in [1.54, 1.807) is 11.8 Å². The first-order valence-electron chi connectivity index (χ1n) is 10.3. The Morgan fingerprint density at radius 1 is 1.13 bits per heavy atom. The van der Waals surface area contributed by atoms with Crippen molar-refractivity contribution in [2.75, 3.05) is 13.1 Å². The van der Waals surface area contributed by atoms with E-state index in [9.17, 15) is 22.4 Å². The first kappa shape index (κ1) is 23.6. The molecule has 3 nitrogen and oxygen atoms in total. The Morgan fingerprint density at radius 3 is 2.39 bits per heavy atom. The number of rotatable bonds is 6. The van der Waals surface area contributed by atoms with Crippen LogP contribution in [0.4, 0.5) is 17.6 Å². The summed E-state index contributed by atoms with van der Waals surface area (Å²) in [6.07, 6.45) is -3.79. The first-order valence-corrected chi connectivity index (χ1v) is 11.0. The Morgan fingerprint density at radius 2 is 1.81 bits per heavy atom. The first-order chi connectivity index (χ1) is 14.6. The molecule has 2 aromatic rings. The van der Waals surface area contributed by atoms with Crippen LogP contribution in [-0.2, 0) is 17.8 Å². The maximum absolute atomic E-state index is 13.9. The molecule has 1 atom stereocenters. The molecule has 1 heterocycles. The lowest BCUT2D eigenvalue weighted by Gasteiger charge is -2.33. The zero-order valence-corrected chi connectivity index (χ0v) is 18.6. The molecule has 0 spiro atoms. The Bertz CT molecular complexity index is 915. The lowest BCUT2D eigenvalue weighted by atomic mass is 9.99. The minimum atomic E-state index is -4.52. The van der Waals surface area contributed by atoms with Gasteiger partial charge in [0.05, 0.1) is 0 Å². The van der Waals surface area contributed by atoms with E-state index in [4.69, 9.17) is 0 Å². The number of amides is 1. The summed E-state index contributed by atoms with van der Waals surface area (Å²) in [7, 11) is 0. The molecule has 0 aromatic heterocycles. The molecule has 0 radical (unpaired) electrons. The molecule has 1 aliphatic rings. The standard InChI is InChI=1S/C23H26F4N2OS/c1-4-29(21(23(25,26)27)17-5-8-19(24)9-6-17)31-20-10-7-16-11-12-28(14-18(16)13-20)22(30)15(2)3/h5-10,13,15,21H,4,11-12,14H2,1-3H3/t21-/m1/s1. The van der Waals surface area contributed by atoms with Gasteiger partial charge in [-0.3, -0.25) is 4.79 Å². The van der Waals surface area contributed by atoms with Crippen molar-refractivity contribution in [3.8, 4) is 0 Å². The van der Waals surface area contributed by atoms with Gasteiger partial charge in [-0.1, -0.05) is 39.0 Å². The van der Waals surface area contributed by atoms with Gasteiger partial charge in [-0.25, -0.2) is 8.70 Å². The van der Waals surface area contributed by atoms with Gasteiger partial charge in [-0.15, -0.1) is 0 Å². The van der Waals surface area contributed by atoms with Gasteiger partial charge in [0.15, 0.2) is 0 Å². The van der Waals surface area contributed by atoms with Crippen molar-refractivity contribution >= 4 is 17.9 Å². The zero-order valence-electron chi connectivity index (χ0n) is 17.7. The molecule has 168 valence electrons. The molecule has 8 heteroatoms. The van der Waals surface area contributed by atoms with E-state index in [1.165, 1.54) is 16.4 Å². The molecular weight excluding hydrogens is 428 g/mol. The van der Waals surface area contributed by atoms with E-state index in [-0.39, 0.29) is 23.9 Å². The third-order valence-corrected chi connectivity index (χ3v) is 6.48. The molecule has 0 saturated carbocycles. The van der Waals surface area contributed by atoms with Gasteiger partial charge in [0.2, 0.25) is 5.91 Å². The third-order valence-electron chi connectivity index (χ3n) is 5.31. The molecule has 0 aliphatic carbocycles. The second kappa shape index (κ2) is 9.61. The van der Waals surface area contributed by atoms with Crippen molar-refractivity contribution in [1.29, 1.82) is 0 Å². The van der Waals surface area contributed by atoms with Crippen molar-refractivity contribution in [1.82, 2.24) is 9.21 Å². The molecule has 1 aliphatic heterocycles. The summed E-state index contributed by atoms with van der Waals surface area (Å²) in [5.41, 5.74) is 2.08. The average molecular weight is 455 g/mol. The summed E-state index contributed by atoms with van der Waals surface area (Å²) >= 11 is 1.03. The van der Waals surface area contributed by atoms with Crippen molar-refractivity contribution < 1.29 is 22.4 Å². The van der Waals surface area contributed by atoms with Crippen LogP contribution >= 0.6 is 11.9 Å². The van der Waals surface area contributed by atoms with E-state index in [0.717, 1.165) is 41.6 Å². The lowest BCUT2D eigenvalue weighted by Crippen LogP contribution is -2.38. The average Bonchev–Trinajstić information content (AvgIpc) is 2.72. The summed E-state index contributed by atoms with van der Waals surface area (Å²) in [4.78, 5) is 14.8. The van der Waals surface area contributed by atoms with Crippen LogP contribution in [0.5, 0.6) is 0 Å². The van der Waals surface area contributed by atoms with Gasteiger partial charge < -0.3 is 4.90 Å². The highest BCUT2D eigenvalue weighted by Gasteiger charge is 2.45. The molecule has 31 heavy (non-hydrogen) atoms. The number of benzene rings is 2. The van der Waals surface area contributed by atoms with E-state index < -0.39 is 18.0 Å². The molecule has 3 rings (SSSR count). The number of alkyl halides is 3. The summed E-state index contributed by atoms with van der Waals surface area (Å²) in [5, 5.41) is 0. The summed E-state index contributed by atoms with van der Waals surface area (Å²) in [5.74, 6) is -0.596. The predicted molar refractivity (Wildman–Crippen MR) is 114 cm³/mol. The molecule has 2 aromatic carbocycles. The molecular formula is C23H26F4N2OS. The van der Waals surface area contributed by atoms with Gasteiger partial charge in [0.25, 0.3) is 0 Å². The van der Waals surface area contributed by atoms with Crippen LogP contribution in [0.25, 0.3) is 0 Å². The molecule has 0 saturated heterocycles. The summed E-state index contributed by atoms with van der Waals surface area (Å²) in [6.45, 7) is 6.63.